The summed E-state index contributed by atoms with van der Waals surface area (Å²) in [6.07, 6.45) is 2.11. The second kappa shape index (κ2) is 13.8. The van der Waals surface area contributed by atoms with E-state index in [1.165, 1.54) is 5.56 Å². The highest BCUT2D eigenvalue weighted by atomic mass is 16.3. The highest BCUT2D eigenvalue weighted by Crippen LogP contribution is 2.22. The normalized spacial score (nSPS) is 19.3. The van der Waals surface area contributed by atoms with Gasteiger partial charge in [-0.2, -0.15) is 0 Å². The number of rotatable bonds is 12. The van der Waals surface area contributed by atoms with Crippen LogP contribution in [0.25, 0.3) is 0 Å². The number of benzene rings is 2. The lowest BCUT2D eigenvalue weighted by Gasteiger charge is -2.44. The number of ketones is 1. The number of aliphatic hydroxyl groups excluding tert-OH is 1. The molecule has 2 aromatic rings. The summed E-state index contributed by atoms with van der Waals surface area (Å²) in [6, 6.07) is 15.9. The maximum atomic E-state index is 13.6. The van der Waals surface area contributed by atoms with Crippen LogP contribution in [0.4, 0.5) is 0 Å². The molecule has 0 aliphatic carbocycles. The molecule has 202 valence electrons. The maximum Gasteiger partial charge on any atom is 0.254 e. The molecule has 0 spiro atoms. The third-order valence-electron chi connectivity index (χ3n) is 7.62. The number of aryl methyl sites for hydroxylation is 1. The van der Waals surface area contributed by atoms with E-state index in [1.54, 1.807) is 12.1 Å². The van der Waals surface area contributed by atoms with Gasteiger partial charge in [-0.05, 0) is 69.0 Å². The van der Waals surface area contributed by atoms with Gasteiger partial charge in [0, 0.05) is 49.4 Å². The molecule has 1 aliphatic heterocycles. The van der Waals surface area contributed by atoms with E-state index >= 15 is 0 Å². The van der Waals surface area contributed by atoms with E-state index in [0.717, 1.165) is 63.2 Å². The van der Waals surface area contributed by atoms with Gasteiger partial charge >= 0.3 is 0 Å². The van der Waals surface area contributed by atoms with E-state index in [-0.39, 0.29) is 23.8 Å². The average molecular weight is 508 g/mol. The van der Waals surface area contributed by atoms with Crippen molar-refractivity contribution < 1.29 is 14.7 Å². The summed E-state index contributed by atoms with van der Waals surface area (Å²) in [4.78, 5) is 32.1. The lowest BCUT2D eigenvalue weighted by Crippen LogP contribution is -2.58. The van der Waals surface area contributed by atoms with Crippen LogP contribution in [0.1, 0.15) is 72.9 Å². The lowest BCUT2D eigenvalue weighted by molar-refractivity contribution is 0.0268. The summed E-state index contributed by atoms with van der Waals surface area (Å²) in [5.41, 5.74) is 3.67. The zero-order valence-corrected chi connectivity index (χ0v) is 23.3. The number of aliphatic hydroxyl groups is 1. The molecule has 2 aromatic carbocycles. The van der Waals surface area contributed by atoms with Gasteiger partial charge in [-0.25, -0.2) is 0 Å². The highest BCUT2D eigenvalue weighted by molar-refractivity contribution is 5.97. The van der Waals surface area contributed by atoms with Crippen molar-refractivity contribution in [2.24, 2.45) is 5.92 Å². The number of amides is 1. The second-order valence-electron chi connectivity index (χ2n) is 10.7. The molecule has 3 rings (SSSR count). The first-order valence-electron chi connectivity index (χ1n) is 13.8. The summed E-state index contributed by atoms with van der Waals surface area (Å²) in [6.45, 7) is 16.2. The van der Waals surface area contributed by atoms with Gasteiger partial charge < -0.3 is 14.9 Å². The highest BCUT2D eigenvalue weighted by Gasteiger charge is 2.33. The molecular formula is C31H45N3O3. The van der Waals surface area contributed by atoms with Crippen molar-refractivity contribution >= 4 is 11.7 Å². The topological polar surface area (TPSA) is 64.1 Å². The first-order chi connectivity index (χ1) is 17.7. The molecule has 1 fully saturated rings. The van der Waals surface area contributed by atoms with Crippen LogP contribution in [0.3, 0.4) is 0 Å². The number of Topliss-reactive ketones (excluding diaryl/α,β-unsaturated/α-hetero) is 1. The van der Waals surface area contributed by atoms with Crippen molar-refractivity contribution in [3.63, 3.8) is 0 Å². The molecule has 1 heterocycles. The zero-order valence-electron chi connectivity index (χ0n) is 23.3. The Bertz CT molecular complexity index is 1010. The first-order valence-corrected chi connectivity index (χ1v) is 13.8. The first kappa shape index (κ1) is 29.0. The molecule has 0 saturated carbocycles. The predicted octanol–water partition coefficient (Wildman–Crippen LogP) is 4.51. The Labute approximate surface area is 223 Å². The molecule has 1 aliphatic rings. The van der Waals surface area contributed by atoms with E-state index in [4.69, 9.17) is 5.11 Å². The molecule has 3 atom stereocenters. The van der Waals surface area contributed by atoms with Gasteiger partial charge in [0.1, 0.15) is 6.61 Å². The molecule has 6 heteroatoms. The van der Waals surface area contributed by atoms with E-state index in [9.17, 15) is 9.59 Å². The van der Waals surface area contributed by atoms with Crippen molar-refractivity contribution in [3.8, 4) is 0 Å². The van der Waals surface area contributed by atoms with Crippen LogP contribution in [0, 0.1) is 5.92 Å². The minimum atomic E-state index is -0.469. The fourth-order valence-corrected chi connectivity index (χ4v) is 5.54. The number of piperazine rings is 1. The Morgan fingerprint density at radius 1 is 0.973 bits per heavy atom. The van der Waals surface area contributed by atoms with Crippen molar-refractivity contribution in [3.05, 3.63) is 70.8 Å². The van der Waals surface area contributed by atoms with Crippen molar-refractivity contribution in [2.75, 3.05) is 39.3 Å². The molecule has 0 radical (unpaired) electrons. The smallest absolute Gasteiger partial charge is 0.254 e. The van der Waals surface area contributed by atoms with Gasteiger partial charge in [0.25, 0.3) is 5.91 Å². The standard InChI is InChI=1S/C31H45N3O3/c1-6-32(7-2)18-23(3)11-12-26-9-8-10-29(17-26)31(37)34-24(4)19-33(20-25(34)5)21-27-13-15-28(16-14-27)30(36)22-35/h8-10,13-17,23-25,35H,6-7,11-12,18-22H2,1-5H3/t23?,24-,25+. The number of hydrogen-bond acceptors (Lipinski definition) is 5. The van der Waals surface area contributed by atoms with Crippen molar-refractivity contribution in [1.29, 1.82) is 0 Å². The number of hydrogen-bond donors (Lipinski definition) is 1. The molecule has 1 saturated heterocycles. The van der Waals surface area contributed by atoms with Crippen LogP contribution in [0.5, 0.6) is 0 Å². The Kier molecular flexibility index (Phi) is 10.9. The Morgan fingerprint density at radius 3 is 2.22 bits per heavy atom. The Hall–Kier alpha value is -2.54. The van der Waals surface area contributed by atoms with Gasteiger partial charge in [-0.15, -0.1) is 0 Å². The maximum absolute atomic E-state index is 13.6. The van der Waals surface area contributed by atoms with E-state index in [2.05, 4.69) is 56.6 Å². The van der Waals surface area contributed by atoms with E-state index in [0.29, 0.717) is 11.5 Å². The zero-order chi connectivity index (χ0) is 26.9. The molecule has 0 aromatic heterocycles. The number of nitrogens with zero attached hydrogens (tertiary/aromatic N) is 3. The average Bonchev–Trinajstić information content (AvgIpc) is 2.90. The minimum Gasteiger partial charge on any atom is -0.388 e. The molecule has 1 amide bonds. The summed E-state index contributed by atoms with van der Waals surface area (Å²) in [5.74, 6) is 0.474. The second-order valence-corrected chi connectivity index (χ2v) is 10.7. The predicted molar refractivity (Wildman–Crippen MR) is 150 cm³/mol. The molecule has 1 N–H and O–H groups in total. The minimum absolute atomic E-state index is 0.101. The molecule has 0 bridgehead atoms. The summed E-state index contributed by atoms with van der Waals surface area (Å²) >= 11 is 0. The van der Waals surface area contributed by atoms with Gasteiger partial charge in [-0.3, -0.25) is 14.5 Å². The fraction of sp³-hybridized carbons (Fsp3) is 0.548. The largest absolute Gasteiger partial charge is 0.388 e. The summed E-state index contributed by atoms with van der Waals surface area (Å²) in [5, 5.41) is 9.05. The monoisotopic (exact) mass is 507 g/mol. The third-order valence-corrected chi connectivity index (χ3v) is 7.62. The van der Waals surface area contributed by atoms with E-state index in [1.807, 2.05) is 29.2 Å². The van der Waals surface area contributed by atoms with Gasteiger partial charge in [0.2, 0.25) is 0 Å². The molecule has 6 nitrogen and oxygen atoms in total. The van der Waals surface area contributed by atoms with Gasteiger partial charge in [0.05, 0.1) is 0 Å². The van der Waals surface area contributed by atoms with Crippen molar-refractivity contribution in [1.82, 2.24) is 14.7 Å². The van der Waals surface area contributed by atoms with Crippen LogP contribution in [0.2, 0.25) is 0 Å². The lowest BCUT2D eigenvalue weighted by atomic mass is 9.98. The molecule has 1 unspecified atom stereocenters. The van der Waals surface area contributed by atoms with Crippen LogP contribution < -0.4 is 0 Å². The number of carbonyl (C=O) groups is 2. The quantitative estimate of drug-likeness (QED) is 0.429. The van der Waals surface area contributed by atoms with E-state index < -0.39 is 6.61 Å². The summed E-state index contributed by atoms with van der Waals surface area (Å²) < 4.78 is 0. The fourth-order valence-electron chi connectivity index (χ4n) is 5.54. The SMILES string of the molecule is CCN(CC)CC(C)CCc1cccc(C(=O)N2[C@H](C)CN(Cc3ccc(C(=O)CO)cc3)C[C@@H]2C)c1. The Morgan fingerprint density at radius 2 is 1.62 bits per heavy atom. The van der Waals surface area contributed by atoms with Gasteiger partial charge in [0.15, 0.2) is 5.78 Å². The van der Waals surface area contributed by atoms with Gasteiger partial charge in [-0.1, -0.05) is 57.2 Å². The van der Waals surface area contributed by atoms with Crippen LogP contribution >= 0.6 is 0 Å². The molecule has 37 heavy (non-hydrogen) atoms. The van der Waals surface area contributed by atoms with Crippen molar-refractivity contribution in [2.45, 2.75) is 66.1 Å². The van der Waals surface area contributed by atoms with Crippen LogP contribution in [0.15, 0.2) is 48.5 Å². The number of carbonyl (C=O) groups excluding carboxylic acids is 2. The summed E-state index contributed by atoms with van der Waals surface area (Å²) in [7, 11) is 0. The Balaban J connectivity index is 1.58. The third kappa shape index (κ3) is 7.97. The molecular weight excluding hydrogens is 462 g/mol. The van der Waals surface area contributed by atoms with Crippen LogP contribution in [-0.4, -0.2) is 82.9 Å². The van der Waals surface area contributed by atoms with Crippen LogP contribution in [-0.2, 0) is 13.0 Å².